The number of hydrogen-bond acceptors (Lipinski definition) is 2. The van der Waals surface area contributed by atoms with Gasteiger partial charge in [-0.1, -0.05) is 108 Å². The van der Waals surface area contributed by atoms with Crippen molar-refractivity contribution in [3.8, 4) is 0 Å². The van der Waals surface area contributed by atoms with Crippen LogP contribution < -0.4 is 0 Å². The predicted octanol–water partition coefficient (Wildman–Crippen LogP) is 7.42. The zero-order chi connectivity index (χ0) is 19.7. The molecule has 0 saturated heterocycles. The molecule has 0 aliphatic rings. The second-order valence-electron chi connectivity index (χ2n) is 8.12. The third kappa shape index (κ3) is 12.7. The fourth-order valence-electron chi connectivity index (χ4n) is 3.52. The normalized spacial score (nSPS) is 12.1. The first-order chi connectivity index (χ1) is 13.2. The maximum atomic E-state index is 12.2. The molecule has 1 atom stereocenters. The van der Waals surface area contributed by atoms with Crippen LogP contribution in [-0.2, 0) is 16.0 Å². The highest BCUT2D eigenvalue weighted by molar-refractivity contribution is 5.72. The fourth-order valence-corrected chi connectivity index (χ4v) is 3.52. The molecule has 1 aromatic rings. The summed E-state index contributed by atoms with van der Waals surface area (Å²) >= 11 is 0. The fraction of sp³-hybridized carbons (Fsp3) is 0.720. The van der Waals surface area contributed by atoms with Gasteiger partial charge in [0, 0.05) is 0 Å². The van der Waals surface area contributed by atoms with Gasteiger partial charge in [-0.25, -0.2) is 0 Å². The van der Waals surface area contributed by atoms with Gasteiger partial charge in [-0.15, -0.1) is 0 Å². The van der Waals surface area contributed by atoms with E-state index in [4.69, 9.17) is 4.74 Å². The number of ether oxygens (including phenoxy) is 1. The second kappa shape index (κ2) is 15.7. The molecule has 0 bridgehead atoms. The molecule has 0 N–H and O–H groups in total. The molecular weight excluding hydrogens is 332 g/mol. The van der Waals surface area contributed by atoms with Crippen LogP contribution in [0.4, 0.5) is 0 Å². The molecule has 0 spiro atoms. The largest absolute Gasteiger partial charge is 0.465 e. The Hall–Kier alpha value is -1.31. The van der Waals surface area contributed by atoms with Crippen molar-refractivity contribution in [2.45, 2.75) is 104 Å². The molecule has 1 unspecified atom stereocenters. The topological polar surface area (TPSA) is 26.3 Å². The molecule has 0 radical (unpaired) electrons. The number of unbranched alkanes of at least 4 members (excludes halogenated alkanes) is 8. The van der Waals surface area contributed by atoms with Gasteiger partial charge in [0.1, 0.15) is 0 Å². The standard InChI is InChI=1S/C25H42O2/c1-4-6-8-10-11-13-15-24(14-12-9-7-5-2)21-27-25(26)20-23-18-16-22(3)17-19-23/h16-19,24H,4-15,20-21H2,1-3H3. The van der Waals surface area contributed by atoms with Gasteiger partial charge in [0.05, 0.1) is 13.0 Å². The van der Waals surface area contributed by atoms with E-state index in [1.165, 1.54) is 82.6 Å². The summed E-state index contributed by atoms with van der Waals surface area (Å²) in [5.74, 6) is 0.454. The van der Waals surface area contributed by atoms with Crippen molar-refractivity contribution >= 4 is 5.97 Å². The van der Waals surface area contributed by atoms with Crippen molar-refractivity contribution in [3.63, 3.8) is 0 Å². The van der Waals surface area contributed by atoms with Crippen LogP contribution in [0.2, 0.25) is 0 Å². The zero-order valence-corrected chi connectivity index (χ0v) is 18.1. The maximum Gasteiger partial charge on any atom is 0.310 e. The molecule has 2 nitrogen and oxygen atoms in total. The Morgan fingerprint density at radius 1 is 0.815 bits per heavy atom. The summed E-state index contributed by atoms with van der Waals surface area (Å²) in [6.07, 6.45) is 15.9. The third-order valence-electron chi connectivity index (χ3n) is 5.38. The SMILES string of the molecule is CCCCCCCCC(CCCCCC)COC(=O)Cc1ccc(C)cc1. The van der Waals surface area contributed by atoms with E-state index in [1.807, 2.05) is 12.1 Å². The monoisotopic (exact) mass is 374 g/mol. The average Bonchev–Trinajstić information content (AvgIpc) is 2.67. The van der Waals surface area contributed by atoms with E-state index in [-0.39, 0.29) is 5.97 Å². The van der Waals surface area contributed by atoms with Crippen molar-refractivity contribution in [2.24, 2.45) is 5.92 Å². The molecule has 2 heteroatoms. The van der Waals surface area contributed by atoms with Gasteiger partial charge in [-0.2, -0.15) is 0 Å². The lowest BCUT2D eigenvalue weighted by molar-refractivity contribution is -0.144. The smallest absolute Gasteiger partial charge is 0.310 e. The van der Waals surface area contributed by atoms with E-state index in [9.17, 15) is 4.79 Å². The molecule has 27 heavy (non-hydrogen) atoms. The minimum absolute atomic E-state index is 0.0830. The van der Waals surface area contributed by atoms with Crippen molar-refractivity contribution < 1.29 is 9.53 Å². The van der Waals surface area contributed by atoms with Crippen LogP contribution in [-0.4, -0.2) is 12.6 Å². The van der Waals surface area contributed by atoms with E-state index in [2.05, 4.69) is 32.9 Å². The van der Waals surface area contributed by atoms with Crippen LogP contribution in [0.25, 0.3) is 0 Å². The Balaban J connectivity index is 2.32. The van der Waals surface area contributed by atoms with Crippen molar-refractivity contribution in [3.05, 3.63) is 35.4 Å². The molecule has 0 aliphatic heterocycles. The summed E-state index contributed by atoms with van der Waals surface area (Å²) in [7, 11) is 0. The number of hydrogen-bond donors (Lipinski definition) is 0. The molecular formula is C25H42O2. The van der Waals surface area contributed by atoms with Crippen LogP contribution in [0, 0.1) is 12.8 Å². The van der Waals surface area contributed by atoms with Crippen LogP contribution in [0.3, 0.4) is 0 Å². The molecule has 0 saturated carbocycles. The lowest BCUT2D eigenvalue weighted by atomic mass is 9.95. The molecule has 0 aliphatic carbocycles. The minimum Gasteiger partial charge on any atom is -0.465 e. The molecule has 0 amide bonds. The first-order valence-corrected chi connectivity index (χ1v) is 11.4. The number of aryl methyl sites for hydroxylation is 1. The number of carbonyl (C=O) groups excluding carboxylic acids is 1. The maximum absolute atomic E-state index is 12.2. The molecule has 1 rings (SSSR count). The van der Waals surface area contributed by atoms with Gasteiger partial charge < -0.3 is 4.74 Å². The summed E-state index contributed by atoms with van der Waals surface area (Å²) in [6, 6.07) is 8.15. The average molecular weight is 375 g/mol. The number of esters is 1. The van der Waals surface area contributed by atoms with Gasteiger partial charge in [0.25, 0.3) is 0 Å². The lowest BCUT2D eigenvalue weighted by Gasteiger charge is -2.17. The van der Waals surface area contributed by atoms with Crippen molar-refractivity contribution in [1.82, 2.24) is 0 Å². The van der Waals surface area contributed by atoms with Gasteiger partial charge in [0.15, 0.2) is 0 Å². The lowest BCUT2D eigenvalue weighted by Crippen LogP contribution is -2.16. The summed E-state index contributed by atoms with van der Waals surface area (Å²) in [5, 5.41) is 0. The Kier molecular flexibility index (Phi) is 13.8. The van der Waals surface area contributed by atoms with Crippen LogP contribution >= 0.6 is 0 Å². The van der Waals surface area contributed by atoms with E-state index in [0.717, 1.165) is 5.56 Å². The van der Waals surface area contributed by atoms with E-state index in [0.29, 0.717) is 18.9 Å². The van der Waals surface area contributed by atoms with Crippen molar-refractivity contribution in [1.29, 1.82) is 0 Å². The highest BCUT2D eigenvalue weighted by Gasteiger charge is 2.12. The highest BCUT2D eigenvalue weighted by Crippen LogP contribution is 2.19. The molecule has 0 fully saturated rings. The molecule has 0 heterocycles. The van der Waals surface area contributed by atoms with Gasteiger partial charge in [-0.3, -0.25) is 4.79 Å². The van der Waals surface area contributed by atoms with Crippen LogP contribution in [0.5, 0.6) is 0 Å². The first-order valence-electron chi connectivity index (χ1n) is 11.4. The van der Waals surface area contributed by atoms with E-state index >= 15 is 0 Å². The van der Waals surface area contributed by atoms with Gasteiger partial charge in [0.2, 0.25) is 0 Å². The zero-order valence-electron chi connectivity index (χ0n) is 18.1. The van der Waals surface area contributed by atoms with Gasteiger partial charge in [-0.05, 0) is 31.2 Å². The second-order valence-corrected chi connectivity index (χ2v) is 8.12. The summed E-state index contributed by atoms with van der Waals surface area (Å²) in [5.41, 5.74) is 2.26. The summed E-state index contributed by atoms with van der Waals surface area (Å²) < 4.78 is 5.65. The molecule has 1 aromatic carbocycles. The molecule has 154 valence electrons. The van der Waals surface area contributed by atoms with E-state index in [1.54, 1.807) is 0 Å². The van der Waals surface area contributed by atoms with Crippen LogP contribution in [0.15, 0.2) is 24.3 Å². The number of rotatable bonds is 16. The Bertz CT molecular complexity index is 478. The van der Waals surface area contributed by atoms with Gasteiger partial charge >= 0.3 is 5.97 Å². The van der Waals surface area contributed by atoms with Crippen molar-refractivity contribution in [2.75, 3.05) is 6.61 Å². The Morgan fingerprint density at radius 3 is 1.93 bits per heavy atom. The number of benzene rings is 1. The Labute approximate surface area is 168 Å². The minimum atomic E-state index is -0.0830. The summed E-state index contributed by atoms with van der Waals surface area (Å²) in [4.78, 5) is 12.2. The highest BCUT2D eigenvalue weighted by atomic mass is 16.5. The van der Waals surface area contributed by atoms with Crippen LogP contribution in [0.1, 0.15) is 102 Å². The summed E-state index contributed by atoms with van der Waals surface area (Å²) in [6.45, 7) is 7.18. The number of carbonyl (C=O) groups is 1. The quantitative estimate of drug-likeness (QED) is 0.222. The predicted molar refractivity (Wildman–Crippen MR) is 116 cm³/mol. The first kappa shape index (κ1) is 23.7. The van der Waals surface area contributed by atoms with E-state index < -0.39 is 0 Å². The Morgan fingerprint density at radius 2 is 1.33 bits per heavy atom. The molecule has 0 aromatic heterocycles. The third-order valence-corrected chi connectivity index (χ3v) is 5.38.